The third kappa shape index (κ3) is 1.76. The summed E-state index contributed by atoms with van der Waals surface area (Å²) >= 11 is 0. The van der Waals surface area contributed by atoms with Crippen LogP contribution in [0.2, 0.25) is 0 Å². The number of hydrogen-bond donors (Lipinski definition) is 1. The Morgan fingerprint density at radius 2 is 2.13 bits per heavy atom. The SMILES string of the molecule is CC1CC(C)(C)CC1(O)c1cnccn1. The first-order valence-corrected chi connectivity index (χ1v) is 5.43. The Bertz CT molecular complexity index is 350. The Kier molecular flexibility index (Phi) is 2.30. The van der Waals surface area contributed by atoms with E-state index >= 15 is 0 Å². The van der Waals surface area contributed by atoms with Gasteiger partial charge in [-0.3, -0.25) is 9.97 Å². The van der Waals surface area contributed by atoms with Gasteiger partial charge in [0.2, 0.25) is 0 Å². The molecule has 1 aromatic heterocycles. The van der Waals surface area contributed by atoms with Gasteiger partial charge in [-0.2, -0.15) is 0 Å². The van der Waals surface area contributed by atoms with Crippen LogP contribution in [0, 0.1) is 11.3 Å². The topological polar surface area (TPSA) is 46.0 Å². The van der Waals surface area contributed by atoms with Crippen LogP contribution in [0.5, 0.6) is 0 Å². The number of hydrogen-bond acceptors (Lipinski definition) is 3. The van der Waals surface area contributed by atoms with Gasteiger partial charge in [0.25, 0.3) is 0 Å². The second-order valence-electron chi connectivity index (χ2n) is 5.46. The van der Waals surface area contributed by atoms with Crippen LogP contribution in [-0.2, 0) is 5.60 Å². The quantitative estimate of drug-likeness (QED) is 0.765. The Morgan fingerprint density at radius 3 is 2.60 bits per heavy atom. The lowest BCUT2D eigenvalue weighted by Crippen LogP contribution is -2.30. The maximum absolute atomic E-state index is 10.7. The second kappa shape index (κ2) is 3.27. The summed E-state index contributed by atoms with van der Waals surface area (Å²) in [5, 5.41) is 10.7. The highest BCUT2D eigenvalue weighted by atomic mass is 16.3. The van der Waals surface area contributed by atoms with E-state index in [0.717, 1.165) is 12.8 Å². The van der Waals surface area contributed by atoms with Crippen molar-refractivity contribution in [2.75, 3.05) is 0 Å². The molecule has 0 saturated heterocycles. The summed E-state index contributed by atoms with van der Waals surface area (Å²) in [4.78, 5) is 8.27. The Morgan fingerprint density at radius 1 is 1.40 bits per heavy atom. The van der Waals surface area contributed by atoms with E-state index in [2.05, 4.69) is 30.7 Å². The first kappa shape index (κ1) is 10.6. The highest BCUT2D eigenvalue weighted by Crippen LogP contribution is 2.51. The van der Waals surface area contributed by atoms with Crippen LogP contribution < -0.4 is 0 Å². The zero-order chi connectivity index (χ0) is 11.1. The van der Waals surface area contributed by atoms with Crippen molar-refractivity contribution in [1.82, 2.24) is 9.97 Å². The van der Waals surface area contributed by atoms with Crippen molar-refractivity contribution < 1.29 is 5.11 Å². The van der Waals surface area contributed by atoms with Crippen LogP contribution in [-0.4, -0.2) is 15.1 Å². The van der Waals surface area contributed by atoms with E-state index in [1.807, 2.05) is 0 Å². The van der Waals surface area contributed by atoms with Crippen LogP contribution in [0.25, 0.3) is 0 Å². The number of aromatic nitrogens is 2. The molecule has 0 amide bonds. The van der Waals surface area contributed by atoms with E-state index in [0.29, 0.717) is 5.69 Å². The van der Waals surface area contributed by atoms with E-state index in [9.17, 15) is 5.11 Å². The smallest absolute Gasteiger partial charge is 0.111 e. The van der Waals surface area contributed by atoms with Crippen LogP contribution in [0.1, 0.15) is 39.3 Å². The Hall–Kier alpha value is -0.960. The number of nitrogens with zero attached hydrogens (tertiary/aromatic N) is 2. The first-order chi connectivity index (χ1) is 6.94. The van der Waals surface area contributed by atoms with Gasteiger partial charge < -0.3 is 5.11 Å². The van der Waals surface area contributed by atoms with Crippen LogP contribution >= 0.6 is 0 Å². The van der Waals surface area contributed by atoms with Gasteiger partial charge in [-0.1, -0.05) is 20.8 Å². The molecular formula is C12H18N2O. The molecule has 0 aromatic carbocycles. The molecule has 1 heterocycles. The van der Waals surface area contributed by atoms with Gasteiger partial charge >= 0.3 is 0 Å². The fourth-order valence-corrected chi connectivity index (χ4v) is 2.84. The van der Waals surface area contributed by atoms with Gasteiger partial charge in [0, 0.05) is 12.4 Å². The molecule has 15 heavy (non-hydrogen) atoms. The van der Waals surface area contributed by atoms with Crippen molar-refractivity contribution in [3.05, 3.63) is 24.3 Å². The van der Waals surface area contributed by atoms with Gasteiger partial charge in [0.15, 0.2) is 0 Å². The van der Waals surface area contributed by atoms with Crippen LogP contribution in [0.4, 0.5) is 0 Å². The summed E-state index contributed by atoms with van der Waals surface area (Å²) < 4.78 is 0. The summed E-state index contributed by atoms with van der Waals surface area (Å²) in [6.45, 7) is 6.47. The van der Waals surface area contributed by atoms with Gasteiger partial charge in [-0.05, 0) is 24.2 Å². The lowest BCUT2D eigenvalue weighted by molar-refractivity contribution is -0.00534. The maximum atomic E-state index is 10.7. The molecular weight excluding hydrogens is 188 g/mol. The highest BCUT2D eigenvalue weighted by molar-refractivity contribution is 5.14. The fourth-order valence-electron chi connectivity index (χ4n) is 2.84. The standard InChI is InChI=1S/C12H18N2O/c1-9-6-11(2,3)8-12(9,15)10-7-13-4-5-14-10/h4-5,7,9,15H,6,8H2,1-3H3. The van der Waals surface area contributed by atoms with Crippen molar-refractivity contribution in [2.24, 2.45) is 11.3 Å². The van der Waals surface area contributed by atoms with Crippen molar-refractivity contribution >= 4 is 0 Å². The number of rotatable bonds is 1. The molecule has 2 atom stereocenters. The van der Waals surface area contributed by atoms with E-state index in [-0.39, 0.29) is 11.3 Å². The van der Waals surface area contributed by atoms with Crippen LogP contribution in [0.15, 0.2) is 18.6 Å². The molecule has 0 aliphatic heterocycles. The van der Waals surface area contributed by atoms with E-state index in [4.69, 9.17) is 0 Å². The summed E-state index contributed by atoms with van der Waals surface area (Å²) in [5.74, 6) is 0.240. The zero-order valence-corrected chi connectivity index (χ0v) is 9.57. The molecule has 0 bridgehead atoms. The molecule has 3 heteroatoms. The summed E-state index contributed by atoms with van der Waals surface area (Å²) in [6, 6.07) is 0. The van der Waals surface area contributed by atoms with Crippen molar-refractivity contribution in [3.63, 3.8) is 0 Å². The van der Waals surface area contributed by atoms with E-state index in [1.165, 1.54) is 0 Å². The molecule has 3 nitrogen and oxygen atoms in total. The maximum Gasteiger partial charge on any atom is 0.111 e. The molecule has 0 radical (unpaired) electrons. The third-order valence-electron chi connectivity index (χ3n) is 3.43. The molecule has 2 unspecified atom stereocenters. The zero-order valence-electron chi connectivity index (χ0n) is 9.57. The molecule has 82 valence electrons. The first-order valence-electron chi connectivity index (χ1n) is 5.43. The fraction of sp³-hybridized carbons (Fsp3) is 0.667. The average molecular weight is 206 g/mol. The van der Waals surface area contributed by atoms with Gasteiger partial charge in [0.05, 0.1) is 11.9 Å². The predicted molar refractivity (Wildman–Crippen MR) is 58.1 cm³/mol. The predicted octanol–water partition coefficient (Wildman–Crippen LogP) is 2.12. The van der Waals surface area contributed by atoms with Gasteiger partial charge in [-0.25, -0.2) is 0 Å². The Labute approximate surface area is 90.6 Å². The molecule has 1 aliphatic rings. The molecule has 0 spiro atoms. The lowest BCUT2D eigenvalue weighted by atomic mass is 9.87. The van der Waals surface area contributed by atoms with Gasteiger partial charge in [-0.15, -0.1) is 0 Å². The lowest BCUT2D eigenvalue weighted by Gasteiger charge is -2.27. The van der Waals surface area contributed by atoms with Crippen molar-refractivity contribution in [1.29, 1.82) is 0 Å². The molecule has 1 fully saturated rings. The molecule has 2 rings (SSSR count). The normalized spacial score (nSPS) is 34.3. The van der Waals surface area contributed by atoms with E-state index in [1.54, 1.807) is 18.6 Å². The highest BCUT2D eigenvalue weighted by Gasteiger charge is 2.49. The molecule has 1 aliphatic carbocycles. The van der Waals surface area contributed by atoms with Crippen molar-refractivity contribution in [3.8, 4) is 0 Å². The molecule has 1 N–H and O–H groups in total. The molecule has 1 saturated carbocycles. The minimum Gasteiger partial charge on any atom is -0.383 e. The minimum atomic E-state index is -0.794. The minimum absolute atomic E-state index is 0.186. The summed E-state index contributed by atoms with van der Waals surface area (Å²) in [7, 11) is 0. The van der Waals surface area contributed by atoms with Crippen LogP contribution in [0.3, 0.4) is 0 Å². The summed E-state index contributed by atoms with van der Waals surface area (Å²) in [6.07, 6.45) is 6.75. The number of aliphatic hydroxyl groups is 1. The van der Waals surface area contributed by atoms with Gasteiger partial charge in [0.1, 0.15) is 5.60 Å². The van der Waals surface area contributed by atoms with Crippen molar-refractivity contribution in [2.45, 2.75) is 39.2 Å². The third-order valence-corrected chi connectivity index (χ3v) is 3.43. The average Bonchev–Trinajstić information content (AvgIpc) is 2.38. The van der Waals surface area contributed by atoms with E-state index < -0.39 is 5.60 Å². The summed E-state index contributed by atoms with van der Waals surface area (Å²) in [5.41, 5.74) is 0.103. The largest absolute Gasteiger partial charge is 0.383 e. The molecule has 1 aromatic rings. The Balaban J connectivity index is 2.36. The second-order valence-corrected chi connectivity index (χ2v) is 5.46. The monoisotopic (exact) mass is 206 g/mol.